The Morgan fingerprint density at radius 1 is 0.375 bits per heavy atom. The maximum absolute atomic E-state index is 6.99. The van der Waals surface area contributed by atoms with Gasteiger partial charge in [0.05, 0.1) is 18.3 Å². The van der Waals surface area contributed by atoms with E-state index < -0.39 is 7.32 Å². The molecule has 3 saturated carbocycles. The van der Waals surface area contributed by atoms with Crippen LogP contribution < -0.4 is 0 Å². The molecule has 0 bridgehead atoms. The van der Waals surface area contributed by atoms with Gasteiger partial charge in [-0.25, -0.2) is 0 Å². The quantitative estimate of drug-likeness (QED) is 0.255. The van der Waals surface area contributed by atoms with Gasteiger partial charge in [0.15, 0.2) is 0 Å². The highest BCUT2D eigenvalue weighted by Gasteiger charge is 2.41. The molecule has 0 N–H and O–H groups in total. The lowest BCUT2D eigenvalue weighted by Gasteiger charge is -2.39. The molecule has 0 heterocycles. The van der Waals surface area contributed by atoms with Crippen LogP contribution in [0.5, 0.6) is 0 Å². The third-order valence-corrected chi connectivity index (χ3v) is 9.65. The van der Waals surface area contributed by atoms with Crippen LogP contribution in [0.2, 0.25) is 0 Å². The zero-order chi connectivity index (χ0) is 27.0. The number of hydrogen-bond acceptors (Lipinski definition) is 3. The van der Waals surface area contributed by atoms with Gasteiger partial charge in [0.2, 0.25) is 0 Å². The second kappa shape index (κ2) is 14.0. The molecule has 0 saturated heterocycles. The molecule has 3 nitrogen and oxygen atoms in total. The molecule has 0 aliphatic heterocycles. The minimum atomic E-state index is -0.641. The van der Waals surface area contributed by atoms with Crippen LogP contribution in [0.4, 0.5) is 0 Å². The smallest absolute Gasteiger partial charge is 0.382 e. The van der Waals surface area contributed by atoms with Gasteiger partial charge < -0.3 is 14.0 Å². The fraction of sp³-hybridized carbons (Fsp3) is 0.500. The van der Waals surface area contributed by atoms with E-state index in [1.165, 1.54) is 55.2 Å². The summed E-state index contributed by atoms with van der Waals surface area (Å²) in [5, 5.41) is 0. The van der Waals surface area contributed by atoms with E-state index in [4.69, 9.17) is 14.0 Å². The van der Waals surface area contributed by atoms with Gasteiger partial charge in [-0.1, -0.05) is 130 Å². The number of hydrogen-bond donors (Lipinski definition) is 0. The first-order valence-corrected chi connectivity index (χ1v) is 16.0. The maximum atomic E-state index is 6.99. The third-order valence-electron chi connectivity index (χ3n) is 9.65. The molecule has 3 aliphatic rings. The van der Waals surface area contributed by atoms with Crippen molar-refractivity contribution in [1.29, 1.82) is 0 Å². The molecule has 0 amide bonds. The van der Waals surface area contributed by atoms with Crippen molar-refractivity contribution in [2.24, 2.45) is 0 Å². The lowest BCUT2D eigenvalue weighted by atomic mass is 9.79. The van der Waals surface area contributed by atoms with Gasteiger partial charge in [-0.15, -0.1) is 0 Å². The van der Waals surface area contributed by atoms with Crippen LogP contribution in [0.1, 0.15) is 111 Å². The summed E-state index contributed by atoms with van der Waals surface area (Å²) in [6, 6.07) is 32.9. The Morgan fingerprint density at radius 2 is 0.650 bits per heavy atom. The van der Waals surface area contributed by atoms with Gasteiger partial charge in [-0.3, -0.25) is 0 Å². The summed E-state index contributed by atoms with van der Waals surface area (Å²) >= 11 is 0. The van der Waals surface area contributed by atoms with E-state index in [9.17, 15) is 0 Å². The number of rotatable bonds is 9. The molecule has 3 aromatic carbocycles. The van der Waals surface area contributed by atoms with Crippen LogP contribution in [0.25, 0.3) is 0 Å². The predicted molar refractivity (Wildman–Crippen MR) is 163 cm³/mol. The Kier molecular flexibility index (Phi) is 9.70. The van der Waals surface area contributed by atoms with Gasteiger partial charge in [0.25, 0.3) is 0 Å². The highest BCUT2D eigenvalue weighted by Crippen LogP contribution is 2.40. The van der Waals surface area contributed by atoms with Gasteiger partial charge >= 0.3 is 7.32 Å². The molecule has 3 aromatic rings. The second-order valence-electron chi connectivity index (χ2n) is 12.2. The Morgan fingerprint density at radius 3 is 0.950 bits per heavy atom. The Labute approximate surface area is 241 Å². The summed E-state index contributed by atoms with van der Waals surface area (Å²) in [6.07, 6.45) is 14.3. The summed E-state index contributed by atoms with van der Waals surface area (Å²) in [6.45, 7) is 0. The minimum absolute atomic E-state index is 0.110. The van der Waals surface area contributed by atoms with Gasteiger partial charge in [0.1, 0.15) is 0 Å². The molecule has 0 aromatic heterocycles. The fourth-order valence-corrected chi connectivity index (χ4v) is 7.55. The van der Waals surface area contributed by atoms with Crippen molar-refractivity contribution in [3.63, 3.8) is 0 Å². The van der Waals surface area contributed by atoms with Gasteiger partial charge in [-0.2, -0.15) is 0 Å². The summed E-state index contributed by atoms with van der Waals surface area (Å²) in [7, 11) is -0.641. The topological polar surface area (TPSA) is 27.7 Å². The lowest BCUT2D eigenvalue weighted by Crippen LogP contribution is -2.44. The van der Waals surface area contributed by atoms with E-state index in [1.54, 1.807) is 0 Å². The first kappa shape index (κ1) is 27.8. The van der Waals surface area contributed by atoms with Crippen LogP contribution in [-0.4, -0.2) is 25.6 Å². The Hall–Kier alpha value is -2.40. The summed E-state index contributed by atoms with van der Waals surface area (Å²) in [5.74, 6) is 1.16. The summed E-state index contributed by atoms with van der Waals surface area (Å²) in [4.78, 5) is 0. The van der Waals surface area contributed by atoms with E-state index in [0.29, 0.717) is 17.8 Å². The highest BCUT2D eigenvalue weighted by molar-refractivity contribution is 6.36. The molecular formula is C36H45BO3. The van der Waals surface area contributed by atoms with Crippen LogP contribution in [0, 0.1) is 0 Å². The standard InChI is InChI=1S/C36H45BO3/c1-4-16-28(17-5-1)31-22-10-13-25-34(31)38-37(39-35-26-14-11-23-32(35)29-18-6-2-7-19-29)40-36-27-15-12-24-33(36)30-20-8-3-9-21-30/h1-9,16-21,31-36H,10-15,22-27H2/t31-,32-,33+,34-,35-,36+/m0/s1. The molecule has 210 valence electrons. The molecule has 0 spiro atoms. The molecule has 3 fully saturated rings. The first-order valence-electron chi connectivity index (χ1n) is 16.0. The van der Waals surface area contributed by atoms with Crippen LogP contribution in [-0.2, 0) is 14.0 Å². The number of benzene rings is 3. The van der Waals surface area contributed by atoms with E-state index >= 15 is 0 Å². The minimum Gasteiger partial charge on any atom is -0.382 e. The van der Waals surface area contributed by atoms with Crippen molar-refractivity contribution in [3.05, 3.63) is 108 Å². The van der Waals surface area contributed by atoms with Crippen molar-refractivity contribution >= 4 is 7.32 Å². The van der Waals surface area contributed by atoms with E-state index in [0.717, 1.165) is 38.5 Å². The first-order chi connectivity index (χ1) is 19.8. The normalized spacial score (nSPS) is 29.1. The van der Waals surface area contributed by atoms with Crippen LogP contribution in [0.3, 0.4) is 0 Å². The van der Waals surface area contributed by atoms with Gasteiger partial charge in [-0.05, 0) is 55.2 Å². The van der Waals surface area contributed by atoms with Gasteiger partial charge in [0, 0.05) is 17.8 Å². The van der Waals surface area contributed by atoms with E-state index in [1.807, 2.05) is 0 Å². The molecule has 3 aliphatic carbocycles. The molecule has 4 heteroatoms. The molecule has 40 heavy (non-hydrogen) atoms. The maximum Gasteiger partial charge on any atom is 0.640 e. The van der Waals surface area contributed by atoms with Crippen molar-refractivity contribution in [3.8, 4) is 0 Å². The third kappa shape index (κ3) is 6.90. The molecule has 0 radical (unpaired) electrons. The zero-order valence-electron chi connectivity index (χ0n) is 23.9. The van der Waals surface area contributed by atoms with Crippen molar-refractivity contribution in [2.45, 2.75) is 113 Å². The van der Waals surface area contributed by atoms with Crippen LogP contribution in [0.15, 0.2) is 91.0 Å². The Bertz CT molecular complexity index is 994. The highest BCUT2D eigenvalue weighted by atomic mass is 16.7. The molecule has 0 unspecified atom stereocenters. The average Bonchev–Trinajstić information content (AvgIpc) is 3.03. The predicted octanol–water partition coefficient (Wildman–Crippen LogP) is 9.20. The van der Waals surface area contributed by atoms with Crippen LogP contribution >= 0.6 is 0 Å². The van der Waals surface area contributed by atoms with Crippen molar-refractivity contribution in [1.82, 2.24) is 0 Å². The van der Waals surface area contributed by atoms with Crippen molar-refractivity contribution in [2.75, 3.05) is 0 Å². The zero-order valence-corrected chi connectivity index (χ0v) is 23.9. The Balaban J connectivity index is 1.25. The SMILES string of the molecule is c1ccc([C@H]2CCCC[C@H]2OB(O[C@H]2CCCC[C@H]2c2ccccc2)O[C@H]2CCCC[C@H]2c2ccccc2)cc1. The van der Waals surface area contributed by atoms with E-state index in [2.05, 4.69) is 91.0 Å². The average molecular weight is 537 g/mol. The second-order valence-corrected chi connectivity index (χ2v) is 12.2. The van der Waals surface area contributed by atoms with Crippen molar-refractivity contribution < 1.29 is 14.0 Å². The largest absolute Gasteiger partial charge is 0.640 e. The fourth-order valence-electron chi connectivity index (χ4n) is 7.55. The summed E-state index contributed by atoms with van der Waals surface area (Å²) in [5.41, 5.74) is 4.14. The molecule has 6 rings (SSSR count). The van der Waals surface area contributed by atoms with E-state index in [-0.39, 0.29) is 18.3 Å². The summed E-state index contributed by atoms with van der Waals surface area (Å²) < 4.78 is 21.0. The molecule has 6 atom stereocenters. The monoisotopic (exact) mass is 536 g/mol. The molecular weight excluding hydrogens is 491 g/mol. The lowest BCUT2D eigenvalue weighted by molar-refractivity contribution is -0.0301.